The van der Waals surface area contributed by atoms with E-state index < -0.39 is 0 Å². The molecule has 0 radical (unpaired) electrons. The number of hydrogen-bond acceptors (Lipinski definition) is 6. The van der Waals surface area contributed by atoms with E-state index in [1.165, 1.54) is 56.4 Å². The van der Waals surface area contributed by atoms with E-state index in [-0.39, 0.29) is 6.61 Å². The second-order valence-electron chi connectivity index (χ2n) is 4.77. The van der Waals surface area contributed by atoms with E-state index in [0.29, 0.717) is 12.4 Å². The minimum atomic E-state index is 0.209. The van der Waals surface area contributed by atoms with Crippen LogP contribution in [-0.2, 0) is 35.0 Å². The molecule has 0 saturated carbocycles. The van der Waals surface area contributed by atoms with E-state index in [0.717, 1.165) is 11.1 Å². The molecule has 0 atom stereocenters. The Morgan fingerprint density at radius 3 is 1.92 bits per heavy atom. The summed E-state index contributed by atoms with van der Waals surface area (Å²) in [6.07, 6.45) is 13.9. The zero-order valence-corrected chi connectivity index (χ0v) is 14.2. The lowest BCUT2D eigenvalue weighted by atomic mass is 10.1. The largest absolute Gasteiger partial charge is 0.466 e. The van der Waals surface area contributed by atoms with Crippen molar-refractivity contribution < 1.29 is 28.4 Å². The SMILES string of the molecule is C=Cc1ccc(COCC2=COC=COC=COC=COC=CO2)cc1. The summed E-state index contributed by atoms with van der Waals surface area (Å²) in [4.78, 5) is 0. The van der Waals surface area contributed by atoms with Crippen molar-refractivity contribution in [3.63, 3.8) is 0 Å². The zero-order valence-electron chi connectivity index (χ0n) is 14.2. The Morgan fingerprint density at radius 1 is 0.731 bits per heavy atom. The molecular formula is C20H20O6. The molecule has 1 aliphatic rings. The first-order valence-corrected chi connectivity index (χ1v) is 7.75. The minimum Gasteiger partial charge on any atom is -0.466 e. The molecule has 26 heavy (non-hydrogen) atoms. The van der Waals surface area contributed by atoms with Gasteiger partial charge in [-0.1, -0.05) is 36.9 Å². The van der Waals surface area contributed by atoms with Crippen LogP contribution in [0.5, 0.6) is 0 Å². The molecule has 0 bridgehead atoms. The molecule has 6 nitrogen and oxygen atoms in total. The molecule has 6 heteroatoms. The summed E-state index contributed by atoms with van der Waals surface area (Å²) in [5, 5.41) is 0. The second kappa shape index (κ2) is 12.0. The smallest absolute Gasteiger partial charge is 0.164 e. The fraction of sp³-hybridized carbons (Fsp3) is 0.100. The number of hydrogen-bond donors (Lipinski definition) is 0. The topological polar surface area (TPSA) is 55.4 Å². The molecule has 0 aliphatic carbocycles. The Hall–Kier alpha value is -3.38. The van der Waals surface area contributed by atoms with Crippen molar-refractivity contribution in [2.45, 2.75) is 6.61 Å². The van der Waals surface area contributed by atoms with Crippen LogP contribution in [0.25, 0.3) is 6.08 Å². The van der Waals surface area contributed by atoms with Crippen LogP contribution in [0.3, 0.4) is 0 Å². The number of rotatable bonds is 5. The van der Waals surface area contributed by atoms with Crippen molar-refractivity contribution in [2.75, 3.05) is 6.61 Å². The standard InChI is InChI=1S/C20H20O6/c1-2-18-3-5-19(6-4-18)15-25-17-20-16-24-12-11-22-8-7-21-9-10-23-13-14-26-20/h2-14,16H,1,15,17H2. The molecule has 0 N–H and O–H groups in total. The lowest BCUT2D eigenvalue weighted by Crippen LogP contribution is -2.01. The molecule has 0 saturated heterocycles. The average molecular weight is 356 g/mol. The predicted octanol–water partition coefficient (Wildman–Crippen LogP) is 4.67. The Labute approximate surface area is 152 Å². The van der Waals surface area contributed by atoms with Gasteiger partial charge in [0.15, 0.2) is 5.76 Å². The van der Waals surface area contributed by atoms with Gasteiger partial charge in [-0.05, 0) is 11.1 Å². The van der Waals surface area contributed by atoms with Gasteiger partial charge >= 0.3 is 0 Å². The third kappa shape index (κ3) is 7.94. The zero-order chi connectivity index (χ0) is 18.3. The van der Waals surface area contributed by atoms with Gasteiger partial charge in [-0.2, -0.15) is 0 Å². The summed E-state index contributed by atoms with van der Waals surface area (Å²) < 4.78 is 31.2. The Morgan fingerprint density at radius 2 is 1.31 bits per heavy atom. The molecule has 0 fully saturated rings. The lowest BCUT2D eigenvalue weighted by molar-refractivity contribution is 0.106. The van der Waals surface area contributed by atoms with Gasteiger partial charge < -0.3 is 28.4 Å². The van der Waals surface area contributed by atoms with Crippen LogP contribution in [0.15, 0.2) is 93.0 Å². The molecule has 0 aromatic heterocycles. The van der Waals surface area contributed by atoms with E-state index in [1.54, 1.807) is 6.08 Å². The molecule has 1 heterocycles. The van der Waals surface area contributed by atoms with Crippen LogP contribution in [0.4, 0.5) is 0 Å². The van der Waals surface area contributed by atoms with Crippen molar-refractivity contribution in [3.8, 4) is 0 Å². The van der Waals surface area contributed by atoms with Crippen molar-refractivity contribution in [1.29, 1.82) is 0 Å². The quantitative estimate of drug-likeness (QED) is 0.764. The van der Waals surface area contributed by atoms with Gasteiger partial charge in [0.05, 0.1) is 6.61 Å². The van der Waals surface area contributed by atoms with Gasteiger partial charge in [-0.25, -0.2) is 0 Å². The van der Waals surface area contributed by atoms with E-state index >= 15 is 0 Å². The molecule has 0 amide bonds. The predicted molar refractivity (Wildman–Crippen MR) is 96.3 cm³/mol. The maximum absolute atomic E-state index is 5.65. The van der Waals surface area contributed by atoms with Crippen LogP contribution in [0.1, 0.15) is 11.1 Å². The Balaban J connectivity index is 1.87. The first kappa shape index (κ1) is 19.0. The summed E-state index contributed by atoms with van der Waals surface area (Å²) >= 11 is 0. The summed E-state index contributed by atoms with van der Waals surface area (Å²) in [6.45, 7) is 4.37. The van der Waals surface area contributed by atoms with E-state index in [9.17, 15) is 0 Å². The summed E-state index contributed by atoms with van der Waals surface area (Å²) in [5.41, 5.74) is 2.10. The summed E-state index contributed by atoms with van der Waals surface area (Å²) in [5.74, 6) is 0.447. The highest BCUT2D eigenvalue weighted by atomic mass is 16.6. The van der Waals surface area contributed by atoms with Gasteiger partial charge in [-0.3, -0.25) is 0 Å². The second-order valence-corrected chi connectivity index (χ2v) is 4.77. The van der Waals surface area contributed by atoms with E-state index in [1.807, 2.05) is 24.3 Å². The first-order chi connectivity index (χ1) is 12.9. The molecular weight excluding hydrogens is 336 g/mol. The minimum absolute atomic E-state index is 0.209. The van der Waals surface area contributed by atoms with Crippen LogP contribution in [0.2, 0.25) is 0 Å². The van der Waals surface area contributed by atoms with Gasteiger partial charge in [0.2, 0.25) is 0 Å². The maximum atomic E-state index is 5.65. The molecule has 136 valence electrons. The van der Waals surface area contributed by atoms with E-state index in [4.69, 9.17) is 28.4 Å². The molecule has 2 rings (SSSR count). The van der Waals surface area contributed by atoms with Gasteiger partial charge in [0.1, 0.15) is 63.0 Å². The lowest BCUT2D eigenvalue weighted by Gasteiger charge is -2.08. The van der Waals surface area contributed by atoms with Crippen LogP contribution in [0, 0.1) is 0 Å². The van der Waals surface area contributed by atoms with Gasteiger partial charge in [0, 0.05) is 0 Å². The first-order valence-electron chi connectivity index (χ1n) is 7.75. The number of ether oxygens (including phenoxy) is 6. The van der Waals surface area contributed by atoms with Crippen molar-refractivity contribution in [1.82, 2.24) is 0 Å². The molecule has 0 spiro atoms. The molecule has 0 unspecified atom stereocenters. The maximum Gasteiger partial charge on any atom is 0.164 e. The monoisotopic (exact) mass is 356 g/mol. The normalized spacial score (nSPS) is 14.4. The van der Waals surface area contributed by atoms with Crippen molar-refractivity contribution >= 4 is 6.08 Å². The highest BCUT2D eigenvalue weighted by Gasteiger charge is 2.00. The highest BCUT2D eigenvalue weighted by Crippen LogP contribution is 2.08. The average Bonchev–Trinajstić information content (AvgIpc) is 2.68. The third-order valence-electron chi connectivity index (χ3n) is 2.92. The molecule has 1 aliphatic heterocycles. The Kier molecular flexibility index (Phi) is 8.78. The van der Waals surface area contributed by atoms with E-state index in [2.05, 4.69) is 6.58 Å². The van der Waals surface area contributed by atoms with Gasteiger partial charge in [0.25, 0.3) is 0 Å². The van der Waals surface area contributed by atoms with Gasteiger partial charge in [-0.15, -0.1) is 0 Å². The third-order valence-corrected chi connectivity index (χ3v) is 2.92. The molecule has 1 aromatic rings. The highest BCUT2D eigenvalue weighted by molar-refractivity contribution is 5.47. The van der Waals surface area contributed by atoms with Crippen molar-refractivity contribution in [3.05, 3.63) is 104 Å². The Bertz CT molecular complexity index is 683. The fourth-order valence-electron chi connectivity index (χ4n) is 1.71. The van der Waals surface area contributed by atoms with Crippen LogP contribution < -0.4 is 0 Å². The summed E-state index contributed by atoms with van der Waals surface area (Å²) in [6, 6.07) is 7.92. The van der Waals surface area contributed by atoms with Crippen LogP contribution >= 0.6 is 0 Å². The fourth-order valence-corrected chi connectivity index (χ4v) is 1.71. The number of benzene rings is 1. The van der Waals surface area contributed by atoms with Crippen LogP contribution in [-0.4, -0.2) is 6.61 Å². The summed E-state index contributed by atoms with van der Waals surface area (Å²) in [7, 11) is 0. The molecule has 1 aromatic carbocycles. The van der Waals surface area contributed by atoms with Crippen molar-refractivity contribution in [2.24, 2.45) is 0 Å².